The number of benzene rings is 1. The topological polar surface area (TPSA) is 63.4 Å². The maximum Gasteiger partial charge on any atom is 0.244 e. The summed E-state index contributed by atoms with van der Waals surface area (Å²) in [6.45, 7) is 0.303. The predicted molar refractivity (Wildman–Crippen MR) is 78.8 cm³/mol. The number of halogens is 1. The van der Waals surface area contributed by atoms with Gasteiger partial charge in [0.25, 0.3) is 0 Å². The van der Waals surface area contributed by atoms with Crippen molar-refractivity contribution < 1.29 is 8.42 Å². The van der Waals surface area contributed by atoms with Gasteiger partial charge >= 0.3 is 0 Å². The van der Waals surface area contributed by atoms with Gasteiger partial charge in [-0.25, -0.2) is 8.42 Å². The van der Waals surface area contributed by atoms with Crippen LogP contribution in [-0.4, -0.2) is 19.8 Å². The van der Waals surface area contributed by atoms with E-state index in [1.807, 2.05) is 16.8 Å². The van der Waals surface area contributed by atoms with Crippen molar-refractivity contribution in [3.63, 3.8) is 0 Å². The number of hydrogen-bond donors (Lipinski definition) is 1. The summed E-state index contributed by atoms with van der Waals surface area (Å²) in [5.41, 5.74) is 6.93. The van der Waals surface area contributed by atoms with Crippen LogP contribution in [0.3, 0.4) is 0 Å². The lowest BCUT2D eigenvalue weighted by molar-refractivity contribution is 0.467. The second-order valence-electron chi connectivity index (χ2n) is 4.08. The summed E-state index contributed by atoms with van der Waals surface area (Å²) in [5.74, 6) is 0. The fourth-order valence-corrected chi connectivity index (χ4v) is 3.93. The van der Waals surface area contributed by atoms with Gasteiger partial charge in [0.15, 0.2) is 0 Å². The van der Waals surface area contributed by atoms with Crippen LogP contribution in [0.15, 0.2) is 39.9 Å². The molecular formula is C12H13ClN2O2S2. The maximum absolute atomic E-state index is 12.4. The van der Waals surface area contributed by atoms with Gasteiger partial charge in [-0.05, 0) is 40.6 Å². The molecule has 0 fully saturated rings. The van der Waals surface area contributed by atoms with Crippen LogP contribution in [-0.2, 0) is 16.6 Å². The molecule has 2 N–H and O–H groups in total. The monoisotopic (exact) mass is 316 g/mol. The Bertz CT molecular complexity index is 669. The minimum absolute atomic E-state index is 0.0342. The largest absolute Gasteiger partial charge is 0.399 e. The van der Waals surface area contributed by atoms with Crippen LogP contribution >= 0.6 is 22.9 Å². The molecule has 7 heteroatoms. The van der Waals surface area contributed by atoms with Gasteiger partial charge in [-0.1, -0.05) is 11.6 Å². The first-order chi connectivity index (χ1) is 8.91. The van der Waals surface area contributed by atoms with Crippen LogP contribution in [0, 0.1) is 0 Å². The molecule has 102 valence electrons. The highest BCUT2D eigenvalue weighted by atomic mass is 35.5. The van der Waals surface area contributed by atoms with Crippen molar-refractivity contribution in [2.24, 2.45) is 0 Å². The first-order valence-electron chi connectivity index (χ1n) is 5.43. The molecule has 0 atom stereocenters. The molecule has 4 nitrogen and oxygen atoms in total. The Morgan fingerprint density at radius 2 is 2.11 bits per heavy atom. The van der Waals surface area contributed by atoms with Gasteiger partial charge in [0.1, 0.15) is 4.90 Å². The van der Waals surface area contributed by atoms with Gasteiger partial charge in [-0.2, -0.15) is 15.6 Å². The molecule has 0 aliphatic rings. The van der Waals surface area contributed by atoms with Crippen molar-refractivity contribution in [3.05, 3.63) is 45.6 Å². The molecular weight excluding hydrogens is 304 g/mol. The smallest absolute Gasteiger partial charge is 0.244 e. The van der Waals surface area contributed by atoms with Crippen molar-refractivity contribution in [3.8, 4) is 0 Å². The Morgan fingerprint density at radius 3 is 2.74 bits per heavy atom. The second-order valence-corrected chi connectivity index (χ2v) is 7.28. The van der Waals surface area contributed by atoms with E-state index in [1.165, 1.54) is 34.8 Å². The van der Waals surface area contributed by atoms with Gasteiger partial charge < -0.3 is 5.73 Å². The van der Waals surface area contributed by atoms with E-state index in [1.54, 1.807) is 6.07 Å². The minimum atomic E-state index is -3.64. The van der Waals surface area contributed by atoms with Gasteiger partial charge in [-0.3, -0.25) is 0 Å². The van der Waals surface area contributed by atoms with Crippen LogP contribution in [0.25, 0.3) is 0 Å². The third-order valence-electron chi connectivity index (χ3n) is 2.63. The zero-order valence-corrected chi connectivity index (χ0v) is 12.6. The van der Waals surface area contributed by atoms with E-state index in [0.717, 1.165) is 5.56 Å². The minimum Gasteiger partial charge on any atom is -0.399 e. The molecule has 0 saturated carbocycles. The maximum atomic E-state index is 12.4. The van der Waals surface area contributed by atoms with Crippen LogP contribution < -0.4 is 5.73 Å². The predicted octanol–water partition coefficient (Wildman–Crippen LogP) is 2.80. The normalized spacial score (nSPS) is 11.9. The fraction of sp³-hybridized carbons (Fsp3) is 0.167. The Kier molecular flexibility index (Phi) is 4.15. The lowest BCUT2D eigenvalue weighted by Crippen LogP contribution is -2.26. The number of rotatable bonds is 4. The third kappa shape index (κ3) is 3.09. The number of nitrogens with zero attached hydrogens (tertiary/aromatic N) is 1. The highest BCUT2D eigenvalue weighted by molar-refractivity contribution is 7.89. The molecule has 1 aromatic carbocycles. The third-order valence-corrected chi connectivity index (χ3v) is 5.65. The average molecular weight is 317 g/mol. The number of nitrogen functional groups attached to an aromatic ring is 1. The van der Waals surface area contributed by atoms with Gasteiger partial charge in [0.05, 0.1) is 5.02 Å². The Hall–Kier alpha value is -1.08. The lowest BCUT2D eigenvalue weighted by atomic mass is 10.3. The van der Waals surface area contributed by atoms with Crippen LogP contribution in [0.1, 0.15) is 5.56 Å². The summed E-state index contributed by atoms with van der Waals surface area (Å²) in [7, 11) is -2.12. The Labute approximate surface area is 121 Å². The average Bonchev–Trinajstić information content (AvgIpc) is 2.85. The molecule has 0 aliphatic heterocycles. The molecule has 0 radical (unpaired) electrons. The van der Waals surface area contributed by atoms with Gasteiger partial charge in [0.2, 0.25) is 10.0 Å². The molecule has 1 aromatic heterocycles. The van der Waals surface area contributed by atoms with E-state index < -0.39 is 10.0 Å². The van der Waals surface area contributed by atoms with E-state index in [4.69, 9.17) is 17.3 Å². The molecule has 0 unspecified atom stereocenters. The molecule has 19 heavy (non-hydrogen) atoms. The Morgan fingerprint density at radius 1 is 1.37 bits per heavy atom. The number of thiophene rings is 1. The molecule has 2 rings (SSSR count). The zero-order chi connectivity index (χ0) is 14.0. The Balaban J connectivity index is 2.33. The summed E-state index contributed by atoms with van der Waals surface area (Å²) in [5, 5.41) is 3.99. The first-order valence-corrected chi connectivity index (χ1v) is 8.20. The molecule has 0 bridgehead atoms. The summed E-state index contributed by atoms with van der Waals surface area (Å²) < 4.78 is 26.1. The molecule has 0 spiro atoms. The summed E-state index contributed by atoms with van der Waals surface area (Å²) in [6.07, 6.45) is 0. The van der Waals surface area contributed by atoms with E-state index in [0.29, 0.717) is 12.2 Å². The highest BCUT2D eigenvalue weighted by Crippen LogP contribution is 2.27. The van der Waals surface area contributed by atoms with Crippen molar-refractivity contribution in [2.75, 3.05) is 12.8 Å². The molecule has 0 saturated heterocycles. The van der Waals surface area contributed by atoms with Gasteiger partial charge in [-0.15, -0.1) is 0 Å². The summed E-state index contributed by atoms with van der Waals surface area (Å²) >= 11 is 7.47. The molecule has 1 heterocycles. The van der Waals surface area contributed by atoms with Crippen LogP contribution in [0.2, 0.25) is 5.02 Å². The van der Waals surface area contributed by atoms with Crippen LogP contribution in [0.4, 0.5) is 5.69 Å². The number of nitrogens with two attached hydrogens (primary N) is 1. The van der Waals surface area contributed by atoms with Crippen molar-refractivity contribution in [2.45, 2.75) is 11.4 Å². The SMILES string of the molecule is CN(Cc1ccsc1)S(=O)(=O)c1cc(N)ccc1Cl. The molecule has 0 amide bonds. The number of anilines is 1. The van der Waals surface area contributed by atoms with E-state index in [-0.39, 0.29) is 9.92 Å². The number of hydrogen-bond acceptors (Lipinski definition) is 4. The lowest BCUT2D eigenvalue weighted by Gasteiger charge is -2.17. The first kappa shape index (κ1) is 14.3. The van der Waals surface area contributed by atoms with E-state index in [9.17, 15) is 8.42 Å². The number of sulfonamides is 1. The van der Waals surface area contributed by atoms with Crippen molar-refractivity contribution >= 4 is 38.6 Å². The van der Waals surface area contributed by atoms with Gasteiger partial charge in [0, 0.05) is 19.3 Å². The van der Waals surface area contributed by atoms with Crippen LogP contribution in [0.5, 0.6) is 0 Å². The summed E-state index contributed by atoms with van der Waals surface area (Å²) in [4.78, 5) is 0.0342. The standard InChI is InChI=1S/C12H13ClN2O2S2/c1-15(7-9-4-5-18-8-9)19(16,17)12-6-10(14)2-3-11(12)13/h2-6,8H,7,14H2,1H3. The second kappa shape index (κ2) is 5.50. The summed E-state index contributed by atoms with van der Waals surface area (Å²) in [6, 6.07) is 6.32. The fourth-order valence-electron chi connectivity index (χ4n) is 1.61. The van der Waals surface area contributed by atoms with E-state index in [2.05, 4.69) is 0 Å². The zero-order valence-electron chi connectivity index (χ0n) is 10.2. The quantitative estimate of drug-likeness (QED) is 0.882. The van der Waals surface area contributed by atoms with Crippen molar-refractivity contribution in [1.29, 1.82) is 0 Å². The molecule has 0 aliphatic carbocycles. The van der Waals surface area contributed by atoms with Crippen molar-refractivity contribution in [1.82, 2.24) is 4.31 Å². The van der Waals surface area contributed by atoms with E-state index >= 15 is 0 Å². The highest BCUT2D eigenvalue weighted by Gasteiger charge is 2.24. The molecule has 2 aromatic rings.